The van der Waals surface area contributed by atoms with Crippen LogP contribution in [0.4, 0.5) is 8.78 Å². The van der Waals surface area contributed by atoms with Crippen molar-refractivity contribution in [2.75, 3.05) is 0 Å². The van der Waals surface area contributed by atoms with Crippen LogP contribution < -0.4 is 11.1 Å². The molecule has 1 amide bonds. The van der Waals surface area contributed by atoms with Crippen molar-refractivity contribution in [3.8, 4) is 0 Å². The van der Waals surface area contributed by atoms with Gasteiger partial charge >= 0.3 is 0 Å². The summed E-state index contributed by atoms with van der Waals surface area (Å²) in [4.78, 5) is 12.0. The molecular formula is C15H20F2N2O. The summed E-state index contributed by atoms with van der Waals surface area (Å²) >= 11 is 0. The first-order valence-corrected chi connectivity index (χ1v) is 6.93. The molecule has 2 rings (SSSR count). The van der Waals surface area contributed by atoms with Gasteiger partial charge in [0.15, 0.2) is 11.6 Å². The molecule has 110 valence electrons. The molecule has 0 spiro atoms. The summed E-state index contributed by atoms with van der Waals surface area (Å²) < 4.78 is 26.0. The van der Waals surface area contributed by atoms with Crippen molar-refractivity contribution in [3.05, 3.63) is 35.4 Å². The molecule has 0 aromatic heterocycles. The standard InChI is InChI=1S/C15H20F2N2O/c1-10(11-4-5-12(16)13(17)8-11)19-14(20)9-15(18)6-2-3-7-15/h4-5,8,10H,2-3,6-7,9,18H2,1H3,(H,19,20). The minimum atomic E-state index is -0.908. The van der Waals surface area contributed by atoms with Crippen LogP contribution in [-0.2, 0) is 4.79 Å². The number of nitrogens with one attached hydrogen (secondary N) is 1. The number of rotatable bonds is 4. The van der Waals surface area contributed by atoms with Gasteiger partial charge in [0.05, 0.1) is 6.04 Å². The maximum absolute atomic E-state index is 13.2. The number of halogens is 2. The average molecular weight is 282 g/mol. The summed E-state index contributed by atoms with van der Waals surface area (Å²) in [6.07, 6.45) is 4.12. The van der Waals surface area contributed by atoms with Gasteiger partial charge < -0.3 is 11.1 Å². The molecule has 0 saturated heterocycles. The van der Waals surface area contributed by atoms with Gasteiger partial charge in [-0.3, -0.25) is 4.79 Å². The van der Waals surface area contributed by atoms with Crippen LogP contribution >= 0.6 is 0 Å². The number of carbonyl (C=O) groups is 1. The minimum Gasteiger partial charge on any atom is -0.350 e. The zero-order chi connectivity index (χ0) is 14.8. The van der Waals surface area contributed by atoms with Gasteiger partial charge in [-0.15, -0.1) is 0 Å². The van der Waals surface area contributed by atoms with Crippen molar-refractivity contribution in [3.63, 3.8) is 0 Å². The van der Waals surface area contributed by atoms with Gasteiger partial charge in [-0.1, -0.05) is 18.9 Å². The van der Waals surface area contributed by atoms with Crippen molar-refractivity contribution >= 4 is 5.91 Å². The fourth-order valence-corrected chi connectivity index (χ4v) is 2.73. The normalized spacial score (nSPS) is 18.8. The van der Waals surface area contributed by atoms with E-state index in [4.69, 9.17) is 5.73 Å². The number of amides is 1. The molecule has 3 nitrogen and oxygen atoms in total. The van der Waals surface area contributed by atoms with E-state index in [0.717, 1.165) is 37.8 Å². The van der Waals surface area contributed by atoms with E-state index >= 15 is 0 Å². The summed E-state index contributed by atoms with van der Waals surface area (Å²) in [5.41, 5.74) is 6.28. The lowest BCUT2D eigenvalue weighted by molar-refractivity contribution is -0.122. The molecule has 1 aliphatic carbocycles. The maximum atomic E-state index is 13.2. The van der Waals surface area contributed by atoms with Crippen LogP contribution in [0, 0.1) is 11.6 Å². The molecule has 1 atom stereocenters. The second-order valence-corrected chi connectivity index (χ2v) is 5.71. The summed E-state index contributed by atoms with van der Waals surface area (Å²) in [6, 6.07) is 3.27. The van der Waals surface area contributed by atoms with Crippen LogP contribution in [0.15, 0.2) is 18.2 Å². The highest BCUT2D eigenvalue weighted by atomic mass is 19.2. The number of benzene rings is 1. The van der Waals surface area contributed by atoms with Crippen LogP contribution in [0.2, 0.25) is 0 Å². The van der Waals surface area contributed by atoms with E-state index in [1.165, 1.54) is 6.07 Å². The fraction of sp³-hybridized carbons (Fsp3) is 0.533. The Morgan fingerprint density at radius 1 is 1.35 bits per heavy atom. The Labute approximate surface area is 117 Å². The van der Waals surface area contributed by atoms with E-state index in [0.29, 0.717) is 5.56 Å². The molecule has 20 heavy (non-hydrogen) atoms. The van der Waals surface area contributed by atoms with Gasteiger partial charge in [0, 0.05) is 12.0 Å². The molecule has 5 heteroatoms. The first-order chi connectivity index (χ1) is 9.39. The highest BCUT2D eigenvalue weighted by molar-refractivity contribution is 5.77. The first kappa shape index (κ1) is 14.9. The largest absolute Gasteiger partial charge is 0.350 e. The van der Waals surface area contributed by atoms with Crippen molar-refractivity contribution in [1.29, 1.82) is 0 Å². The number of hydrogen-bond acceptors (Lipinski definition) is 2. The van der Waals surface area contributed by atoms with Gasteiger partial charge in [0.2, 0.25) is 5.91 Å². The lowest BCUT2D eigenvalue weighted by Crippen LogP contribution is -2.42. The molecule has 0 heterocycles. The molecule has 1 aliphatic rings. The molecular weight excluding hydrogens is 262 g/mol. The Hall–Kier alpha value is -1.49. The number of carbonyl (C=O) groups excluding carboxylic acids is 1. The lowest BCUT2D eigenvalue weighted by atomic mass is 9.94. The topological polar surface area (TPSA) is 55.1 Å². The number of nitrogens with two attached hydrogens (primary N) is 1. The molecule has 3 N–H and O–H groups in total. The predicted octanol–water partition coefficient (Wildman–Crippen LogP) is 2.80. The molecule has 0 aliphatic heterocycles. The SMILES string of the molecule is CC(NC(=O)CC1(N)CCCC1)c1ccc(F)c(F)c1. The predicted molar refractivity (Wildman–Crippen MR) is 72.9 cm³/mol. The quantitative estimate of drug-likeness (QED) is 0.892. The Balaban J connectivity index is 1.94. The van der Waals surface area contributed by atoms with E-state index in [-0.39, 0.29) is 18.4 Å². The zero-order valence-corrected chi connectivity index (χ0v) is 11.6. The van der Waals surface area contributed by atoms with Gasteiger partial charge in [0.25, 0.3) is 0 Å². The van der Waals surface area contributed by atoms with Gasteiger partial charge in [-0.2, -0.15) is 0 Å². The smallest absolute Gasteiger partial charge is 0.222 e. The summed E-state index contributed by atoms with van der Waals surface area (Å²) in [5, 5.41) is 2.79. The van der Waals surface area contributed by atoms with Crippen LogP contribution in [-0.4, -0.2) is 11.4 Å². The van der Waals surface area contributed by atoms with E-state index in [1.54, 1.807) is 6.92 Å². The van der Waals surface area contributed by atoms with Crippen LogP contribution in [0.25, 0.3) is 0 Å². The molecule has 1 aromatic rings. The second-order valence-electron chi connectivity index (χ2n) is 5.71. The third-order valence-corrected chi connectivity index (χ3v) is 3.93. The Bertz CT molecular complexity index is 499. The van der Waals surface area contributed by atoms with Crippen molar-refractivity contribution in [2.45, 2.75) is 50.6 Å². The lowest BCUT2D eigenvalue weighted by Gasteiger charge is -2.24. The third-order valence-electron chi connectivity index (χ3n) is 3.93. The Morgan fingerprint density at radius 3 is 2.60 bits per heavy atom. The van der Waals surface area contributed by atoms with E-state index in [1.807, 2.05) is 0 Å². The van der Waals surface area contributed by atoms with Gasteiger partial charge in [-0.25, -0.2) is 8.78 Å². The maximum Gasteiger partial charge on any atom is 0.222 e. The summed E-state index contributed by atoms with van der Waals surface area (Å²) in [6.45, 7) is 1.74. The molecule has 1 saturated carbocycles. The van der Waals surface area contributed by atoms with Gasteiger partial charge in [-0.05, 0) is 37.5 Å². The molecule has 1 unspecified atom stereocenters. The third kappa shape index (κ3) is 3.54. The van der Waals surface area contributed by atoms with Crippen LogP contribution in [0.1, 0.15) is 50.6 Å². The highest BCUT2D eigenvalue weighted by Crippen LogP contribution is 2.30. The monoisotopic (exact) mass is 282 g/mol. The minimum absolute atomic E-state index is 0.147. The Morgan fingerprint density at radius 2 is 2.00 bits per heavy atom. The molecule has 1 fully saturated rings. The van der Waals surface area contributed by atoms with Crippen molar-refractivity contribution < 1.29 is 13.6 Å². The van der Waals surface area contributed by atoms with E-state index in [2.05, 4.69) is 5.32 Å². The molecule has 0 radical (unpaired) electrons. The first-order valence-electron chi connectivity index (χ1n) is 6.93. The van der Waals surface area contributed by atoms with E-state index in [9.17, 15) is 13.6 Å². The average Bonchev–Trinajstić information content (AvgIpc) is 2.78. The fourth-order valence-electron chi connectivity index (χ4n) is 2.73. The number of hydrogen-bond donors (Lipinski definition) is 2. The van der Waals surface area contributed by atoms with Crippen molar-refractivity contribution in [1.82, 2.24) is 5.32 Å². The second kappa shape index (κ2) is 5.87. The Kier molecular flexibility index (Phi) is 4.38. The van der Waals surface area contributed by atoms with Gasteiger partial charge in [0.1, 0.15) is 0 Å². The zero-order valence-electron chi connectivity index (χ0n) is 11.6. The summed E-state index contributed by atoms with van der Waals surface area (Å²) in [5.74, 6) is -1.94. The van der Waals surface area contributed by atoms with Crippen LogP contribution in [0.3, 0.4) is 0 Å². The molecule has 0 bridgehead atoms. The van der Waals surface area contributed by atoms with Crippen LogP contribution in [0.5, 0.6) is 0 Å². The summed E-state index contributed by atoms with van der Waals surface area (Å²) in [7, 11) is 0. The van der Waals surface area contributed by atoms with Crippen molar-refractivity contribution in [2.24, 2.45) is 5.73 Å². The molecule has 1 aromatic carbocycles. The van der Waals surface area contributed by atoms with E-state index < -0.39 is 17.2 Å². The highest BCUT2D eigenvalue weighted by Gasteiger charge is 2.32.